The van der Waals surface area contributed by atoms with Gasteiger partial charge in [0, 0.05) is 23.7 Å². The zero-order valence-corrected chi connectivity index (χ0v) is 14.6. The highest BCUT2D eigenvalue weighted by atomic mass is 16.5. The molecule has 4 rings (SSSR count). The zero-order chi connectivity index (χ0) is 17.4. The smallest absolute Gasteiger partial charge is 0.275 e. The molecule has 1 saturated heterocycles. The number of nitrogens with zero attached hydrogens (tertiary/aromatic N) is 4. The summed E-state index contributed by atoms with van der Waals surface area (Å²) in [5.41, 5.74) is 2.70. The fourth-order valence-electron chi connectivity index (χ4n) is 3.47. The summed E-state index contributed by atoms with van der Waals surface area (Å²) >= 11 is 0. The summed E-state index contributed by atoms with van der Waals surface area (Å²) in [4.78, 5) is 19.4. The third-order valence-corrected chi connectivity index (χ3v) is 4.90. The van der Waals surface area contributed by atoms with Crippen LogP contribution in [0.15, 0.2) is 4.52 Å². The number of H-pyrrole nitrogens is 1. The number of ether oxygens (including phenoxy) is 1. The number of fused-ring (bicyclic) bond motifs is 1. The minimum Gasteiger partial charge on any atom is -0.377 e. The van der Waals surface area contributed by atoms with Crippen LogP contribution in [0.1, 0.15) is 72.1 Å². The van der Waals surface area contributed by atoms with Crippen LogP contribution in [-0.4, -0.2) is 50.9 Å². The lowest BCUT2D eigenvalue weighted by molar-refractivity contribution is -0.00613. The minimum atomic E-state index is -0.339. The van der Waals surface area contributed by atoms with Crippen LogP contribution < -0.4 is 0 Å². The molecule has 2 aliphatic rings. The predicted molar refractivity (Wildman–Crippen MR) is 88.2 cm³/mol. The first kappa shape index (κ1) is 16.3. The largest absolute Gasteiger partial charge is 0.377 e. The SMILES string of the molecule is CC(C)c1nc([C@H]2COCCN2C(=O)c2n[nH]c3c2CCCC3)no1. The van der Waals surface area contributed by atoms with Crippen LogP contribution >= 0.6 is 0 Å². The van der Waals surface area contributed by atoms with Gasteiger partial charge in [0.2, 0.25) is 5.89 Å². The van der Waals surface area contributed by atoms with Crippen LogP contribution in [0.4, 0.5) is 0 Å². The Morgan fingerprint density at radius 3 is 2.96 bits per heavy atom. The van der Waals surface area contributed by atoms with Crippen molar-refractivity contribution in [3.8, 4) is 0 Å². The second-order valence-corrected chi connectivity index (χ2v) is 6.97. The Labute approximate surface area is 145 Å². The molecule has 0 aromatic carbocycles. The third kappa shape index (κ3) is 2.95. The molecule has 2 aromatic rings. The fourth-order valence-corrected chi connectivity index (χ4v) is 3.47. The second-order valence-electron chi connectivity index (χ2n) is 6.97. The summed E-state index contributed by atoms with van der Waals surface area (Å²) < 4.78 is 10.9. The Kier molecular flexibility index (Phi) is 4.29. The van der Waals surface area contributed by atoms with Crippen LogP contribution in [0.3, 0.4) is 0 Å². The molecule has 0 bridgehead atoms. The van der Waals surface area contributed by atoms with E-state index < -0.39 is 0 Å². The van der Waals surface area contributed by atoms with Crippen molar-refractivity contribution in [3.05, 3.63) is 28.7 Å². The van der Waals surface area contributed by atoms with E-state index in [9.17, 15) is 4.79 Å². The molecule has 0 radical (unpaired) electrons. The van der Waals surface area contributed by atoms with E-state index in [2.05, 4.69) is 20.3 Å². The first-order chi connectivity index (χ1) is 12.1. The molecule has 8 heteroatoms. The number of rotatable bonds is 3. The molecule has 0 unspecified atom stereocenters. The van der Waals surface area contributed by atoms with Gasteiger partial charge >= 0.3 is 0 Å². The number of carbonyl (C=O) groups excluding carboxylic acids is 1. The standard InChI is InChI=1S/C17H23N5O3/c1-10(2)16-18-15(21-25-16)13-9-24-8-7-22(13)17(23)14-11-5-3-4-6-12(11)19-20-14/h10,13H,3-9H2,1-2H3,(H,19,20)/t13-/m1/s1. The number of nitrogens with one attached hydrogen (secondary N) is 1. The molecule has 1 amide bonds. The molecule has 1 fully saturated rings. The van der Waals surface area contributed by atoms with Crippen LogP contribution in [0.25, 0.3) is 0 Å². The molecule has 0 spiro atoms. The van der Waals surface area contributed by atoms with Crippen molar-refractivity contribution in [1.82, 2.24) is 25.2 Å². The Morgan fingerprint density at radius 2 is 2.16 bits per heavy atom. The van der Waals surface area contributed by atoms with Gasteiger partial charge in [-0.15, -0.1) is 0 Å². The maximum Gasteiger partial charge on any atom is 0.275 e. The van der Waals surface area contributed by atoms with E-state index in [-0.39, 0.29) is 17.9 Å². The van der Waals surface area contributed by atoms with Crippen LogP contribution in [0, 0.1) is 0 Å². The molecule has 1 N–H and O–H groups in total. The average molecular weight is 345 g/mol. The van der Waals surface area contributed by atoms with Gasteiger partial charge in [0.15, 0.2) is 11.5 Å². The summed E-state index contributed by atoms with van der Waals surface area (Å²) in [7, 11) is 0. The molecule has 3 heterocycles. The van der Waals surface area contributed by atoms with Crippen molar-refractivity contribution in [2.24, 2.45) is 0 Å². The van der Waals surface area contributed by atoms with E-state index in [1.54, 1.807) is 4.90 Å². The number of aromatic amines is 1. The van der Waals surface area contributed by atoms with Gasteiger partial charge < -0.3 is 14.2 Å². The average Bonchev–Trinajstić information content (AvgIpc) is 3.28. The van der Waals surface area contributed by atoms with Gasteiger partial charge in [0.1, 0.15) is 6.04 Å². The van der Waals surface area contributed by atoms with Gasteiger partial charge in [-0.25, -0.2) is 0 Å². The summed E-state index contributed by atoms with van der Waals surface area (Å²) in [6.07, 6.45) is 4.11. The van der Waals surface area contributed by atoms with Crippen LogP contribution in [-0.2, 0) is 17.6 Å². The lowest BCUT2D eigenvalue weighted by Gasteiger charge is -2.33. The number of aromatic nitrogens is 4. The van der Waals surface area contributed by atoms with Gasteiger partial charge in [0.25, 0.3) is 5.91 Å². The number of aryl methyl sites for hydroxylation is 1. The second kappa shape index (κ2) is 6.59. The highest BCUT2D eigenvalue weighted by molar-refractivity contribution is 5.94. The number of hydrogen-bond acceptors (Lipinski definition) is 6. The monoisotopic (exact) mass is 345 g/mol. The highest BCUT2D eigenvalue weighted by Crippen LogP contribution is 2.28. The summed E-state index contributed by atoms with van der Waals surface area (Å²) in [6, 6.07) is -0.339. The van der Waals surface area contributed by atoms with Crippen molar-refractivity contribution in [2.45, 2.75) is 51.5 Å². The molecular weight excluding hydrogens is 322 g/mol. The number of morpholine rings is 1. The molecule has 1 aliphatic carbocycles. The summed E-state index contributed by atoms with van der Waals surface area (Å²) in [6.45, 7) is 5.36. The molecule has 8 nitrogen and oxygen atoms in total. The van der Waals surface area contributed by atoms with Crippen molar-refractivity contribution < 1.29 is 14.1 Å². The van der Waals surface area contributed by atoms with Crippen molar-refractivity contribution in [1.29, 1.82) is 0 Å². The van der Waals surface area contributed by atoms with E-state index in [0.717, 1.165) is 36.9 Å². The van der Waals surface area contributed by atoms with Crippen LogP contribution in [0.5, 0.6) is 0 Å². The maximum atomic E-state index is 13.2. The van der Waals surface area contributed by atoms with E-state index in [0.29, 0.717) is 37.2 Å². The van der Waals surface area contributed by atoms with Gasteiger partial charge in [-0.2, -0.15) is 10.1 Å². The molecule has 25 heavy (non-hydrogen) atoms. The highest BCUT2D eigenvalue weighted by Gasteiger charge is 2.35. The molecule has 1 atom stereocenters. The predicted octanol–water partition coefficient (Wildman–Crippen LogP) is 2.01. The van der Waals surface area contributed by atoms with Gasteiger partial charge in [-0.1, -0.05) is 19.0 Å². The lowest BCUT2D eigenvalue weighted by Crippen LogP contribution is -2.44. The van der Waals surface area contributed by atoms with Gasteiger partial charge in [-0.3, -0.25) is 9.89 Å². The van der Waals surface area contributed by atoms with E-state index >= 15 is 0 Å². The lowest BCUT2D eigenvalue weighted by atomic mass is 9.95. The minimum absolute atomic E-state index is 0.0800. The summed E-state index contributed by atoms with van der Waals surface area (Å²) in [5.74, 6) is 1.14. The third-order valence-electron chi connectivity index (χ3n) is 4.90. The molecular formula is C17H23N5O3. The normalized spacial score (nSPS) is 20.8. The number of carbonyl (C=O) groups is 1. The van der Waals surface area contributed by atoms with Crippen molar-refractivity contribution in [2.75, 3.05) is 19.8 Å². The van der Waals surface area contributed by atoms with E-state index in [1.807, 2.05) is 13.8 Å². The molecule has 2 aromatic heterocycles. The van der Waals surface area contributed by atoms with E-state index in [4.69, 9.17) is 9.26 Å². The maximum absolute atomic E-state index is 13.2. The van der Waals surface area contributed by atoms with Gasteiger partial charge in [-0.05, 0) is 25.7 Å². The molecule has 1 aliphatic heterocycles. The Balaban J connectivity index is 1.62. The molecule has 134 valence electrons. The van der Waals surface area contributed by atoms with Crippen molar-refractivity contribution in [3.63, 3.8) is 0 Å². The number of amides is 1. The first-order valence-electron chi connectivity index (χ1n) is 8.93. The topological polar surface area (TPSA) is 97.1 Å². The first-order valence-corrected chi connectivity index (χ1v) is 8.93. The van der Waals surface area contributed by atoms with E-state index in [1.165, 1.54) is 0 Å². The quantitative estimate of drug-likeness (QED) is 0.914. The Bertz CT molecular complexity index is 766. The fraction of sp³-hybridized carbons (Fsp3) is 0.647. The zero-order valence-electron chi connectivity index (χ0n) is 14.6. The van der Waals surface area contributed by atoms with Crippen molar-refractivity contribution >= 4 is 5.91 Å². The van der Waals surface area contributed by atoms with Gasteiger partial charge in [0.05, 0.1) is 13.2 Å². The van der Waals surface area contributed by atoms with Crippen LogP contribution in [0.2, 0.25) is 0 Å². The number of hydrogen-bond donors (Lipinski definition) is 1. The Morgan fingerprint density at radius 1 is 1.32 bits per heavy atom. The molecule has 0 saturated carbocycles. The summed E-state index contributed by atoms with van der Waals surface area (Å²) in [5, 5.41) is 11.4. The Hall–Kier alpha value is -2.22.